The van der Waals surface area contributed by atoms with Gasteiger partial charge in [-0.15, -0.1) is 0 Å². The highest BCUT2D eigenvalue weighted by molar-refractivity contribution is 6.31. The molecule has 3 aromatic rings. The van der Waals surface area contributed by atoms with Gasteiger partial charge in [-0.05, 0) is 42.8 Å². The molecule has 0 aliphatic rings. The minimum atomic E-state index is -0.303. The number of hydrogen-bond acceptors (Lipinski definition) is 4. The van der Waals surface area contributed by atoms with Crippen molar-refractivity contribution >= 4 is 17.5 Å². The highest BCUT2D eigenvalue weighted by Gasteiger charge is 2.13. The molecular weight excluding hydrogens is 378 g/mol. The first-order chi connectivity index (χ1) is 13.5. The zero-order valence-electron chi connectivity index (χ0n) is 15.6. The predicted octanol–water partition coefficient (Wildman–Crippen LogP) is 3.20. The largest absolute Gasteiger partial charge is 0.497 e. The van der Waals surface area contributed by atoms with Gasteiger partial charge in [0.2, 0.25) is 5.91 Å². The molecule has 0 fully saturated rings. The zero-order valence-corrected chi connectivity index (χ0v) is 16.4. The number of methoxy groups -OCH3 is 1. The summed E-state index contributed by atoms with van der Waals surface area (Å²) in [5.74, 6) is 0.825. The van der Waals surface area contributed by atoms with Crippen molar-refractivity contribution in [2.75, 3.05) is 7.11 Å². The topological polar surface area (TPSA) is 73.2 Å². The van der Waals surface area contributed by atoms with E-state index in [1.165, 1.54) is 10.6 Å². The number of rotatable bonds is 6. The Morgan fingerprint density at radius 3 is 2.57 bits per heavy atom. The number of ether oxygens (including phenoxy) is 1. The summed E-state index contributed by atoms with van der Waals surface area (Å²) in [4.78, 5) is 29.4. The average molecular weight is 398 g/mol. The molecule has 0 bridgehead atoms. The van der Waals surface area contributed by atoms with Crippen LogP contribution in [0.2, 0.25) is 5.02 Å². The number of carbonyl (C=O) groups excluding carboxylic acids is 1. The van der Waals surface area contributed by atoms with Crippen molar-refractivity contribution in [3.05, 3.63) is 81.2 Å². The quantitative estimate of drug-likeness (QED) is 0.693. The molecule has 1 heterocycles. The van der Waals surface area contributed by atoms with E-state index in [-0.39, 0.29) is 24.6 Å². The third kappa shape index (κ3) is 4.58. The molecule has 1 amide bonds. The Morgan fingerprint density at radius 2 is 1.89 bits per heavy atom. The molecule has 0 radical (unpaired) electrons. The average Bonchev–Trinajstić information content (AvgIpc) is 2.69. The van der Waals surface area contributed by atoms with Gasteiger partial charge in [0.15, 0.2) is 0 Å². The van der Waals surface area contributed by atoms with Gasteiger partial charge >= 0.3 is 0 Å². The first kappa shape index (κ1) is 19.6. The fraction of sp³-hybridized carbons (Fsp3) is 0.190. The Hall–Kier alpha value is -3.12. The van der Waals surface area contributed by atoms with E-state index in [1.54, 1.807) is 44.4 Å². The van der Waals surface area contributed by atoms with E-state index in [0.717, 1.165) is 11.1 Å². The van der Waals surface area contributed by atoms with Gasteiger partial charge in [-0.3, -0.25) is 14.2 Å². The van der Waals surface area contributed by atoms with Crippen LogP contribution >= 0.6 is 11.6 Å². The molecule has 0 atom stereocenters. The van der Waals surface area contributed by atoms with Gasteiger partial charge in [-0.2, -0.15) is 0 Å². The molecular formula is C21H20ClN3O3. The number of benzene rings is 2. The minimum Gasteiger partial charge on any atom is -0.497 e. The number of amides is 1. The van der Waals surface area contributed by atoms with Crippen LogP contribution in [-0.2, 0) is 17.9 Å². The Morgan fingerprint density at radius 1 is 1.18 bits per heavy atom. The molecule has 7 heteroatoms. The maximum atomic E-state index is 12.5. The van der Waals surface area contributed by atoms with Crippen molar-refractivity contribution in [2.24, 2.45) is 0 Å². The van der Waals surface area contributed by atoms with Crippen molar-refractivity contribution in [1.29, 1.82) is 0 Å². The molecule has 0 aliphatic carbocycles. The van der Waals surface area contributed by atoms with Gasteiger partial charge in [0.05, 0.1) is 7.11 Å². The second kappa shape index (κ2) is 8.71. The van der Waals surface area contributed by atoms with Crippen molar-refractivity contribution < 1.29 is 9.53 Å². The van der Waals surface area contributed by atoms with Crippen LogP contribution in [0.3, 0.4) is 0 Å². The van der Waals surface area contributed by atoms with Crippen molar-refractivity contribution in [2.45, 2.75) is 20.0 Å². The predicted molar refractivity (Wildman–Crippen MR) is 109 cm³/mol. The van der Waals surface area contributed by atoms with Crippen LogP contribution in [0.1, 0.15) is 11.3 Å². The van der Waals surface area contributed by atoms with Crippen molar-refractivity contribution in [3.63, 3.8) is 0 Å². The van der Waals surface area contributed by atoms with Crippen LogP contribution in [0.25, 0.3) is 11.4 Å². The van der Waals surface area contributed by atoms with Crippen LogP contribution < -0.4 is 15.6 Å². The second-order valence-corrected chi connectivity index (χ2v) is 6.65. The lowest BCUT2D eigenvalue weighted by atomic mass is 10.2. The first-order valence-electron chi connectivity index (χ1n) is 8.71. The van der Waals surface area contributed by atoms with Crippen LogP contribution in [0.5, 0.6) is 5.75 Å². The third-order valence-electron chi connectivity index (χ3n) is 4.22. The lowest BCUT2D eigenvalue weighted by Gasteiger charge is -2.13. The number of nitrogens with one attached hydrogen (secondary N) is 1. The highest BCUT2D eigenvalue weighted by Crippen LogP contribution is 2.20. The maximum absolute atomic E-state index is 12.5. The lowest BCUT2D eigenvalue weighted by molar-refractivity contribution is -0.121. The van der Waals surface area contributed by atoms with Crippen LogP contribution in [0.15, 0.2) is 59.4 Å². The molecule has 0 saturated heterocycles. The summed E-state index contributed by atoms with van der Waals surface area (Å²) in [5, 5.41) is 3.38. The van der Waals surface area contributed by atoms with Crippen LogP contribution in [-0.4, -0.2) is 22.6 Å². The van der Waals surface area contributed by atoms with Crippen LogP contribution in [0.4, 0.5) is 0 Å². The van der Waals surface area contributed by atoms with Gasteiger partial charge in [0, 0.05) is 28.9 Å². The molecule has 3 rings (SSSR count). The number of aryl methyl sites for hydroxylation is 1. The SMILES string of the molecule is COc1ccc(-c2nc(C)cc(=O)n2CC(=O)NCc2ccccc2Cl)cc1. The molecule has 6 nitrogen and oxygen atoms in total. The Labute approximate surface area is 167 Å². The van der Waals surface area contributed by atoms with E-state index in [0.29, 0.717) is 22.3 Å². The summed E-state index contributed by atoms with van der Waals surface area (Å²) in [5.41, 5.74) is 1.83. The van der Waals surface area contributed by atoms with E-state index in [4.69, 9.17) is 16.3 Å². The molecule has 0 unspecified atom stereocenters. The molecule has 1 aromatic heterocycles. The molecule has 1 N–H and O–H groups in total. The minimum absolute atomic E-state index is 0.141. The normalized spacial score (nSPS) is 10.5. The van der Waals surface area contributed by atoms with E-state index < -0.39 is 0 Å². The summed E-state index contributed by atoms with van der Waals surface area (Å²) >= 11 is 6.11. The number of aromatic nitrogens is 2. The monoisotopic (exact) mass is 397 g/mol. The molecule has 0 saturated carbocycles. The third-order valence-corrected chi connectivity index (χ3v) is 4.59. The number of hydrogen-bond donors (Lipinski definition) is 1. The van der Waals surface area contributed by atoms with Crippen molar-refractivity contribution in [1.82, 2.24) is 14.9 Å². The van der Waals surface area contributed by atoms with Gasteiger partial charge in [0.25, 0.3) is 5.56 Å². The molecule has 0 spiro atoms. The van der Waals surface area contributed by atoms with Gasteiger partial charge in [-0.25, -0.2) is 4.98 Å². The van der Waals surface area contributed by atoms with Crippen molar-refractivity contribution in [3.8, 4) is 17.1 Å². The van der Waals surface area contributed by atoms with Crippen LogP contribution in [0, 0.1) is 6.92 Å². The summed E-state index contributed by atoms with van der Waals surface area (Å²) in [6, 6.07) is 15.9. The van der Waals surface area contributed by atoms with Gasteiger partial charge in [-0.1, -0.05) is 29.8 Å². The fourth-order valence-electron chi connectivity index (χ4n) is 2.77. The Bertz CT molecular complexity index is 1050. The standard InChI is InChI=1S/C21H20ClN3O3/c1-14-11-20(27)25(21(24-14)15-7-9-17(28-2)10-8-15)13-19(26)23-12-16-5-3-4-6-18(16)22/h3-11H,12-13H2,1-2H3,(H,23,26). The summed E-state index contributed by atoms with van der Waals surface area (Å²) in [6.45, 7) is 1.89. The summed E-state index contributed by atoms with van der Waals surface area (Å²) < 4.78 is 6.52. The molecule has 28 heavy (non-hydrogen) atoms. The zero-order chi connectivity index (χ0) is 20.1. The number of carbonyl (C=O) groups is 1. The van der Waals surface area contributed by atoms with E-state index in [1.807, 2.05) is 18.2 Å². The first-order valence-corrected chi connectivity index (χ1v) is 9.08. The smallest absolute Gasteiger partial charge is 0.254 e. The summed E-state index contributed by atoms with van der Waals surface area (Å²) in [7, 11) is 1.58. The fourth-order valence-corrected chi connectivity index (χ4v) is 2.97. The highest BCUT2D eigenvalue weighted by atomic mass is 35.5. The number of halogens is 1. The van der Waals surface area contributed by atoms with E-state index in [9.17, 15) is 9.59 Å². The van der Waals surface area contributed by atoms with Gasteiger partial charge in [0.1, 0.15) is 18.1 Å². The molecule has 2 aromatic carbocycles. The lowest BCUT2D eigenvalue weighted by Crippen LogP contribution is -2.33. The Kier molecular flexibility index (Phi) is 6.11. The second-order valence-electron chi connectivity index (χ2n) is 6.24. The Balaban J connectivity index is 1.83. The molecule has 144 valence electrons. The van der Waals surface area contributed by atoms with E-state index >= 15 is 0 Å². The maximum Gasteiger partial charge on any atom is 0.254 e. The van der Waals surface area contributed by atoms with E-state index in [2.05, 4.69) is 10.3 Å². The molecule has 0 aliphatic heterocycles. The van der Waals surface area contributed by atoms with Gasteiger partial charge < -0.3 is 10.1 Å². The summed E-state index contributed by atoms with van der Waals surface area (Å²) in [6.07, 6.45) is 0. The number of nitrogens with zero attached hydrogens (tertiary/aromatic N) is 2.